The quantitative estimate of drug-likeness (QED) is 0.657. The topological polar surface area (TPSA) is 27.7 Å². The van der Waals surface area contributed by atoms with Gasteiger partial charge in [0, 0.05) is 38.4 Å². The molecule has 150 valence electrons. The van der Waals surface area contributed by atoms with E-state index >= 15 is 0 Å². The minimum atomic E-state index is -0.250. The van der Waals surface area contributed by atoms with E-state index in [1.807, 2.05) is 6.07 Å². The van der Waals surface area contributed by atoms with E-state index in [1.54, 1.807) is 24.3 Å². The predicted molar refractivity (Wildman–Crippen MR) is 117 cm³/mol. The van der Waals surface area contributed by atoms with E-state index in [9.17, 15) is 4.39 Å². The number of nitrogens with one attached hydrogen (secondary N) is 1. The van der Waals surface area contributed by atoms with Crippen molar-refractivity contribution in [3.8, 4) is 0 Å². The fourth-order valence-corrected chi connectivity index (χ4v) is 3.50. The molecule has 4 nitrogen and oxygen atoms in total. The van der Waals surface area contributed by atoms with Crippen molar-refractivity contribution in [2.24, 2.45) is 0 Å². The zero-order valence-electron chi connectivity index (χ0n) is 15.3. The molecule has 0 unspecified atom stereocenters. The van der Waals surface area contributed by atoms with Crippen LogP contribution in [0.4, 0.5) is 10.1 Å². The van der Waals surface area contributed by atoms with Crippen LogP contribution in [-0.4, -0.2) is 54.3 Å². The molecule has 1 fully saturated rings. The van der Waals surface area contributed by atoms with Crippen LogP contribution >= 0.6 is 35.4 Å². The molecule has 0 atom stereocenters. The van der Waals surface area contributed by atoms with Crippen molar-refractivity contribution >= 4 is 46.2 Å². The minimum absolute atomic E-state index is 0.250. The van der Waals surface area contributed by atoms with Gasteiger partial charge in [0.25, 0.3) is 0 Å². The lowest BCUT2D eigenvalue weighted by atomic mass is 10.2. The molecule has 1 aliphatic heterocycles. The van der Waals surface area contributed by atoms with E-state index in [4.69, 9.17) is 40.2 Å². The molecule has 28 heavy (non-hydrogen) atoms. The van der Waals surface area contributed by atoms with E-state index in [0.29, 0.717) is 21.7 Å². The van der Waals surface area contributed by atoms with Crippen LogP contribution < -0.4 is 5.32 Å². The Morgan fingerprint density at radius 3 is 2.50 bits per heavy atom. The molecule has 1 N–H and O–H groups in total. The maximum absolute atomic E-state index is 13.2. The fraction of sp³-hybridized carbons (Fsp3) is 0.350. The first-order valence-electron chi connectivity index (χ1n) is 9.07. The molecule has 2 aromatic rings. The summed E-state index contributed by atoms with van der Waals surface area (Å²) in [5.74, 6) is -0.250. The molecule has 0 amide bonds. The second-order valence-electron chi connectivity index (χ2n) is 6.56. The van der Waals surface area contributed by atoms with Crippen molar-refractivity contribution in [1.29, 1.82) is 0 Å². The Bertz CT molecular complexity index is 801. The first-order valence-corrected chi connectivity index (χ1v) is 10.2. The summed E-state index contributed by atoms with van der Waals surface area (Å²) < 4.78 is 18.6. The van der Waals surface area contributed by atoms with Crippen LogP contribution in [0.3, 0.4) is 0 Å². The van der Waals surface area contributed by atoms with Gasteiger partial charge in [-0.3, -0.25) is 4.90 Å². The summed E-state index contributed by atoms with van der Waals surface area (Å²) in [4.78, 5) is 4.42. The van der Waals surface area contributed by atoms with Crippen LogP contribution in [0.1, 0.15) is 5.56 Å². The van der Waals surface area contributed by atoms with Crippen LogP contribution in [0.15, 0.2) is 42.5 Å². The van der Waals surface area contributed by atoms with E-state index in [1.165, 1.54) is 12.1 Å². The molecule has 0 bridgehead atoms. The Kier molecular flexibility index (Phi) is 7.88. The number of nitrogens with zero attached hydrogens (tertiary/aromatic N) is 2. The van der Waals surface area contributed by atoms with E-state index < -0.39 is 0 Å². The number of ether oxygens (including phenoxy) is 1. The van der Waals surface area contributed by atoms with Crippen molar-refractivity contribution in [3.63, 3.8) is 0 Å². The zero-order chi connectivity index (χ0) is 19.9. The number of hydrogen-bond donors (Lipinski definition) is 1. The molecule has 1 heterocycles. The van der Waals surface area contributed by atoms with Gasteiger partial charge >= 0.3 is 0 Å². The molecular formula is C20H22Cl2FN3OS. The molecule has 0 aromatic heterocycles. The number of hydrogen-bond acceptors (Lipinski definition) is 3. The molecule has 0 saturated carbocycles. The molecular weight excluding hydrogens is 420 g/mol. The van der Waals surface area contributed by atoms with E-state index in [-0.39, 0.29) is 5.82 Å². The van der Waals surface area contributed by atoms with Crippen LogP contribution in [-0.2, 0) is 11.3 Å². The highest BCUT2D eigenvalue weighted by molar-refractivity contribution is 7.80. The molecule has 8 heteroatoms. The molecule has 0 spiro atoms. The number of rotatable bonds is 6. The number of anilines is 1. The number of benzene rings is 2. The first-order chi connectivity index (χ1) is 13.5. The molecule has 1 saturated heterocycles. The monoisotopic (exact) mass is 441 g/mol. The van der Waals surface area contributed by atoms with E-state index in [0.717, 1.165) is 50.6 Å². The van der Waals surface area contributed by atoms with Crippen molar-refractivity contribution in [2.45, 2.75) is 6.54 Å². The largest absolute Gasteiger partial charge is 0.379 e. The van der Waals surface area contributed by atoms with Gasteiger partial charge in [-0.05, 0) is 48.1 Å². The summed E-state index contributed by atoms with van der Waals surface area (Å²) in [6, 6.07) is 11.8. The van der Waals surface area contributed by atoms with Gasteiger partial charge in [0.05, 0.1) is 23.3 Å². The minimum Gasteiger partial charge on any atom is -0.379 e. The summed E-state index contributed by atoms with van der Waals surface area (Å²) in [6.07, 6.45) is 0. The summed E-state index contributed by atoms with van der Waals surface area (Å²) in [5, 5.41) is 4.77. The van der Waals surface area contributed by atoms with Crippen LogP contribution in [0.25, 0.3) is 0 Å². The van der Waals surface area contributed by atoms with Crippen molar-refractivity contribution in [2.75, 3.05) is 44.7 Å². The predicted octanol–water partition coefficient (Wildman–Crippen LogP) is 4.66. The normalized spacial score (nSPS) is 14.7. The van der Waals surface area contributed by atoms with Crippen LogP contribution in [0.5, 0.6) is 0 Å². The maximum atomic E-state index is 13.2. The second-order valence-corrected chi connectivity index (χ2v) is 7.76. The molecule has 0 aliphatic carbocycles. The van der Waals surface area contributed by atoms with Gasteiger partial charge in [-0.2, -0.15) is 0 Å². The maximum Gasteiger partial charge on any atom is 0.173 e. The SMILES string of the molecule is Fc1ccc(CN(CCN2CCOCC2)C(=S)Nc2ccc(Cl)c(Cl)c2)cc1. The first kappa shape index (κ1) is 21.3. The lowest BCUT2D eigenvalue weighted by molar-refractivity contribution is 0.0358. The Hall–Kier alpha value is -1.44. The van der Waals surface area contributed by atoms with Crippen LogP contribution in [0.2, 0.25) is 10.0 Å². The Balaban J connectivity index is 1.68. The summed E-state index contributed by atoms with van der Waals surface area (Å²) in [7, 11) is 0. The van der Waals surface area contributed by atoms with Gasteiger partial charge in [-0.1, -0.05) is 35.3 Å². The summed E-state index contributed by atoms with van der Waals surface area (Å²) >= 11 is 17.7. The third-order valence-corrected chi connectivity index (χ3v) is 5.63. The highest BCUT2D eigenvalue weighted by atomic mass is 35.5. The van der Waals surface area contributed by atoms with Gasteiger partial charge < -0.3 is 15.0 Å². The number of morpholine rings is 1. The summed E-state index contributed by atoms with van der Waals surface area (Å²) in [5.41, 5.74) is 1.76. The average Bonchev–Trinajstić information content (AvgIpc) is 2.70. The molecule has 1 aliphatic rings. The molecule has 0 radical (unpaired) electrons. The van der Waals surface area contributed by atoms with Gasteiger partial charge in [-0.25, -0.2) is 4.39 Å². The average molecular weight is 442 g/mol. The van der Waals surface area contributed by atoms with Gasteiger partial charge in [-0.15, -0.1) is 0 Å². The Morgan fingerprint density at radius 2 is 1.82 bits per heavy atom. The third kappa shape index (κ3) is 6.29. The summed E-state index contributed by atoms with van der Waals surface area (Å²) in [6.45, 7) is 5.53. The Labute approximate surface area is 180 Å². The van der Waals surface area contributed by atoms with Gasteiger partial charge in [0.1, 0.15) is 5.82 Å². The van der Waals surface area contributed by atoms with Gasteiger partial charge in [0.15, 0.2) is 5.11 Å². The van der Waals surface area contributed by atoms with Gasteiger partial charge in [0.2, 0.25) is 0 Å². The smallest absolute Gasteiger partial charge is 0.173 e. The lowest BCUT2D eigenvalue weighted by Crippen LogP contribution is -2.43. The van der Waals surface area contributed by atoms with E-state index in [2.05, 4.69) is 15.1 Å². The number of halogens is 3. The third-order valence-electron chi connectivity index (χ3n) is 4.53. The highest BCUT2D eigenvalue weighted by Gasteiger charge is 2.15. The molecule has 3 rings (SSSR count). The second kappa shape index (κ2) is 10.4. The standard InChI is InChI=1S/C20H22Cl2FN3OS/c21-18-6-5-17(13-19(18)22)24-20(28)26(8-7-25-9-11-27-12-10-25)14-15-1-3-16(23)4-2-15/h1-6,13H,7-12,14H2,(H,24,28). The van der Waals surface area contributed by atoms with Crippen molar-refractivity contribution in [1.82, 2.24) is 9.80 Å². The molecule has 2 aromatic carbocycles. The number of thiocarbonyl (C=S) groups is 1. The Morgan fingerprint density at radius 1 is 1.11 bits per heavy atom. The highest BCUT2D eigenvalue weighted by Crippen LogP contribution is 2.25. The lowest BCUT2D eigenvalue weighted by Gasteiger charge is -2.31. The zero-order valence-corrected chi connectivity index (χ0v) is 17.7. The fourth-order valence-electron chi connectivity index (χ4n) is 2.93. The van der Waals surface area contributed by atoms with Crippen molar-refractivity contribution < 1.29 is 9.13 Å². The van der Waals surface area contributed by atoms with Crippen LogP contribution in [0, 0.1) is 5.82 Å². The van der Waals surface area contributed by atoms with Crippen molar-refractivity contribution in [3.05, 3.63) is 63.9 Å².